The van der Waals surface area contributed by atoms with Crippen LogP contribution in [0, 0.1) is 0 Å². The van der Waals surface area contributed by atoms with Crippen LogP contribution in [0.2, 0.25) is 0 Å². The fraction of sp³-hybridized carbons (Fsp3) is 0.154. The molecule has 14 heavy (non-hydrogen) atoms. The lowest BCUT2D eigenvalue weighted by Gasteiger charge is -2.15. The van der Waals surface area contributed by atoms with E-state index in [4.69, 9.17) is 0 Å². The first-order chi connectivity index (χ1) is 6.92. The monoisotopic (exact) mass is 181 g/mol. The first-order valence-electron chi connectivity index (χ1n) is 4.92. The molecule has 0 amide bonds. The quantitative estimate of drug-likeness (QED) is 0.583. The van der Waals surface area contributed by atoms with Crippen LogP contribution < -0.4 is 0 Å². The van der Waals surface area contributed by atoms with Gasteiger partial charge < -0.3 is 0 Å². The van der Waals surface area contributed by atoms with Crippen LogP contribution in [0.25, 0.3) is 6.08 Å². The van der Waals surface area contributed by atoms with E-state index in [0.717, 1.165) is 13.0 Å². The maximum atomic E-state index is 4.51. The van der Waals surface area contributed by atoms with Crippen molar-refractivity contribution in [3.05, 3.63) is 53.1 Å². The Hall–Kier alpha value is -1.63. The van der Waals surface area contributed by atoms with E-state index < -0.39 is 0 Å². The van der Waals surface area contributed by atoms with E-state index in [1.807, 2.05) is 0 Å². The lowest BCUT2D eigenvalue weighted by atomic mass is 9.95. The molecule has 0 aromatic heterocycles. The molecule has 2 bridgehead atoms. The van der Waals surface area contributed by atoms with Gasteiger partial charge in [0.2, 0.25) is 0 Å². The Morgan fingerprint density at radius 1 is 1.07 bits per heavy atom. The highest BCUT2D eigenvalue weighted by molar-refractivity contribution is 5.99. The van der Waals surface area contributed by atoms with Crippen LogP contribution in [0.3, 0.4) is 0 Å². The van der Waals surface area contributed by atoms with Crippen LogP contribution in [-0.4, -0.2) is 12.3 Å². The molecule has 0 spiro atoms. The van der Waals surface area contributed by atoms with Gasteiger partial charge in [-0.05, 0) is 28.9 Å². The van der Waals surface area contributed by atoms with Crippen molar-refractivity contribution in [1.29, 1.82) is 0 Å². The molecule has 0 saturated heterocycles. The number of aliphatic imine (C=N–C) groups is 1. The van der Waals surface area contributed by atoms with Gasteiger partial charge in [0.15, 0.2) is 0 Å². The van der Waals surface area contributed by atoms with Crippen molar-refractivity contribution >= 4 is 11.8 Å². The molecule has 0 unspecified atom stereocenters. The zero-order valence-corrected chi connectivity index (χ0v) is 7.90. The maximum Gasteiger partial charge on any atom is 0.0643 e. The summed E-state index contributed by atoms with van der Waals surface area (Å²) in [4.78, 5) is 4.51. The number of benzene rings is 1. The highest BCUT2D eigenvalue weighted by Gasteiger charge is 2.10. The number of rotatable bonds is 0. The summed E-state index contributed by atoms with van der Waals surface area (Å²) in [5.74, 6) is 0. The van der Waals surface area contributed by atoms with Crippen LogP contribution >= 0.6 is 0 Å². The molecule has 2 aliphatic heterocycles. The maximum absolute atomic E-state index is 4.51. The van der Waals surface area contributed by atoms with E-state index in [0.29, 0.717) is 0 Å². The molecular weight excluding hydrogens is 170 g/mol. The minimum absolute atomic E-state index is 0.847. The predicted molar refractivity (Wildman–Crippen MR) is 59.6 cm³/mol. The summed E-state index contributed by atoms with van der Waals surface area (Å²) < 4.78 is 0. The third-order valence-electron chi connectivity index (χ3n) is 2.72. The second-order valence-electron chi connectivity index (χ2n) is 3.74. The summed E-state index contributed by atoms with van der Waals surface area (Å²) in [6.45, 7) is 0.847. The Labute approximate surface area is 83.5 Å². The lowest BCUT2D eigenvalue weighted by molar-refractivity contribution is 1.13. The van der Waals surface area contributed by atoms with Crippen LogP contribution in [0.1, 0.15) is 11.1 Å². The minimum Gasteiger partial charge on any atom is -0.285 e. The molecule has 0 atom stereocenters. The van der Waals surface area contributed by atoms with Crippen molar-refractivity contribution in [3.8, 4) is 0 Å². The van der Waals surface area contributed by atoms with E-state index in [9.17, 15) is 0 Å². The van der Waals surface area contributed by atoms with Crippen LogP contribution in [0.4, 0.5) is 0 Å². The van der Waals surface area contributed by atoms with Gasteiger partial charge >= 0.3 is 0 Å². The number of allylic oxidation sites excluding steroid dienone is 1. The molecule has 1 aliphatic carbocycles. The lowest BCUT2D eigenvalue weighted by Crippen LogP contribution is -2.09. The average Bonchev–Trinajstić information content (AvgIpc) is 2.17. The molecule has 0 saturated carbocycles. The summed E-state index contributed by atoms with van der Waals surface area (Å²) >= 11 is 0. The third-order valence-corrected chi connectivity index (χ3v) is 2.72. The van der Waals surface area contributed by atoms with Crippen LogP contribution in [-0.2, 0) is 6.42 Å². The van der Waals surface area contributed by atoms with Crippen molar-refractivity contribution in [1.82, 2.24) is 0 Å². The molecule has 0 fully saturated rings. The molecule has 1 aromatic rings. The summed E-state index contributed by atoms with van der Waals surface area (Å²) in [5.41, 5.74) is 5.24. The Morgan fingerprint density at radius 2 is 2.00 bits per heavy atom. The van der Waals surface area contributed by atoms with Crippen LogP contribution in [0.5, 0.6) is 0 Å². The van der Waals surface area contributed by atoms with E-state index in [-0.39, 0.29) is 0 Å². The molecule has 3 aliphatic rings. The van der Waals surface area contributed by atoms with Gasteiger partial charge in [-0.15, -0.1) is 0 Å². The molecule has 4 rings (SSSR count). The number of hydrogen-bond donors (Lipinski definition) is 0. The normalized spacial score (nSPS) is 18.0. The summed E-state index contributed by atoms with van der Waals surface area (Å²) in [6, 6.07) is 8.55. The van der Waals surface area contributed by atoms with Gasteiger partial charge in [-0.25, -0.2) is 0 Å². The molecule has 0 N–H and O–H groups in total. The molecule has 0 radical (unpaired) electrons. The van der Waals surface area contributed by atoms with Crippen LogP contribution in [0.15, 0.2) is 47.0 Å². The summed E-state index contributed by atoms with van der Waals surface area (Å²) in [7, 11) is 0. The van der Waals surface area contributed by atoms with Gasteiger partial charge in [0.05, 0.1) is 6.54 Å². The SMILES string of the molecule is C1=CC2=NCC1=Cc1ccccc1C2. The Balaban J connectivity index is 2.21. The van der Waals surface area contributed by atoms with Gasteiger partial charge in [0.1, 0.15) is 0 Å². The van der Waals surface area contributed by atoms with Crippen molar-refractivity contribution in [3.63, 3.8) is 0 Å². The van der Waals surface area contributed by atoms with Gasteiger partial charge in [-0.2, -0.15) is 0 Å². The number of nitrogens with zero attached hydrogens (tertiary/aromatic N) is 1. The van der Waals surface area contributed by atoms with Gasteiger partial charge in [0, 0.05) is 12.1 Å². The fourth-order valence-corrected chi connectivity index (χ4v) is 1.94. The van der Waals surface area contributed by atoms with E-state index in [1.54, 1.807) is 0 Å². The average molecular weight is 181 g/mol. The van der Waals surface area contributed by atoms with Crippen molar-refractivity contribution in [2.45, 2.75) is 6.42 Å². The number of fused-ring (bicyclic) bond motifs is 1. The number of dihydropyridines is 1. The number of hydrogen-bond acceptors (Lipinski definition) is 1. The second-order valence-corrected chi connectivity index (χ2v) is 3.74. The Kier molecular flexibility index (Phi) is 1.63. The van der Waals surface area contributed by atoms with Gasteiger partial charge in [-0.1, -0.05) is 30.3 Å². The van der Waals surface area contributed by atoms with E-state index in [2.05, 4.69) is 47.5 Å². The summed E-state index contributed by atoms with van der Waals surface area (Å²) in [6.07, 6.45) is 7.52. The molecule has 68 valence electrons. The van der Waals surface area contributed by atoms with Crippen molar-refractivity contribution in [2.75, 3.05) is 6.54 Å². The first-order valence-corrected chi connectivity index (χ1v) is 4.92. The molecule has 1 aromatic carbocycles. The van der Waals surface area contributed by atoms with E-state index >= 15 is 0 Å². The second kappa shape index (κ2) is 2.95. The van der Waals surface area contributed by atoms with Crippen molar-refractivity contribution in [2.24, 2.45) is 4.99 Å². The largest absolute Gasteiger partial charge is 0.285 e. The zero-order valence-electron chi connectivity index (χ0n) is 7.90. The molecule has 1 nitrogen and oxygen atoms in total. The smallest absolute Gasteiger partial charge is 0.0643 e. The Bertz CT molecular complexity index is 464. The topological polar surface area (TPSA) is 12.4 Å². The standard InChI is InChI=1S/C13H11N/c1-2-4-12-8-13-6-5-10(9-14-13)7-11(12)3-1/h1-7H,8-9H2. The Morgan fingerprint density at radius 3 is 2.86 bits per heavy atom. The molecular formula is C13H11N. The van der Waals surface area contributed by atoms with Gasteiger partial charge in [0.25, 0.3) is 0 Å². The van der Waals surface area contributed by atoms with E-state index in [1.165, 1.54) is 22.4 Å². The summed E-state index contributed by atoms with van der Waals surface area (Å²) in [5, 5.41) is 0. The third kappa shape index (κ3) is 1.22. The van der Waals surface area contributed by atoms with Crippen molar-refractivity contribution < 1.29 is 0 Å². The minimum atomic E-state index is 0.847. The highest BCUT2D eigenvalue weighted by Crippen LogP contribution is 2.20. The highest BCUT2D eigenvalue weighted by atomic mass is 14.7. The van der Waals surface area contributed by atoms with Gasteiger partial charge in [-0.3, -0.25) is 4.99 Å². The predicted octanol–water partition coefficient (Wildman–Crippen LogP) is 2.64. The fourth-order valence-electron chi connectivity index (χ4n) is 1.94. The zero-order chi connectivity index (χ0) is 9.38. The molecule has 2 heterocycles. The first kappa shape index (κ1) is 7.74. The molecule has 1 heteroatoms.